The number of thiol groups is 1. The van der Waals surface area contributed by atoms with Gasteiger partial charge in [0.1, 0.15) is 0 Å². The summed E-state index contributed by atoms with van der Waals surface area (Å²) in [6, 6.07) is 10.1. The van der Waals surface area contributed by atoms with Crippen LogP contribution < -0.4 is 0 Å². The monoisotopic (exact) mass is 161 g/mol. The van der Waals surface area contributed by atoms with Gasteiger partial charge in [-0.05, 0) is 11.5 Å². The summed E-state index contributed by atoms with van der Waals surface area (Å²) in [4.78, 5) is 4.07. The zero-order chi connectivity index (χ0) is 7.68. The number of pyridine rings is 1. The zero-order valence-corrected chi connectivity index (χ0v) is 6.75. The Kier molecular flexibility index (Phi) is 1.55. The minimum atomic E-state index is 0.767. The highest BCUT2D eigenvalue weighted by Crippen LogP contribution is 2.14. The molecular formula is C9H7NS. The van der Waals surface area contributed by atoms with E-state index in [-0.39, 0.29) is 0 Å². The van der Waals surface area contributed by atoms with E-state index in [1.807, 2.05) is 30.5 Å². The van der Waals surface area contributed by atoms with Gasteiger partial charge in [-0.1, -0.05) is 24.3 Å². The van der Waals surface area contributed by atoms with Crippen molar-refractivity contribution in [2.24, 2.45) is 0 Å². The van der Waals surface area contributed by atoms with E-state index in [0.717, 1.165) is 10.4 Å². The highest BCUT2D eigenvalue weighted by atomic mass is 32.1. The summed E-state index contributed by atoms with van der Waals surface area (Å²) in [7, 11) is 0. The molecule has 0 saturated heterocycles. The molecule has 1 nitrogen and oxygen atoms in total. The first-order valence-corrected chi connectivity index (χ1v) is 3.85. The highest BCUT2D eigenvalue weighted by molar-refractivity contribution is 7.80. The van der Waals surface area contributed by atoms with Crippen molar-refractivity contribution in [2.75, 3.05) is 0 Å². The SMILES string of the molecule is Sc1cc2ccccc2cn1. The summed E-state index contributed by atoms with van der Waals surface area (Å²) in [6.45, 7) is 0. The van der Waals surface area contributed by atoms with Gasteiger partial charge in [0.05, 0.1) is 5.03 Å². The fraction of sp³-hybridized carbons (Fsp3) is 0. The minimum absolute atomic E-state index is 0.767. The Balaban J connectivity index is 2.83. The maximum Gasteiger partial charge on any atom is 0.0935 e. The molecule has 0 saturated carbocycles. The molecule has 11 heavy (non-hydrogen) atoms. The molecule has 0 fully saturated rings. The molecule has 1 aromatic heterocycles. The fourth-order valence-corrected chi connectivity index (χ4v) is 1.27. The van der Waals surface area contributed by atoms with Crippen molar-refractivity contribution in [3.8, 4) is 0 Å². The lowest BCUT2D eigenvalue weighted by molar-refractivity contribution is 1.17. The topological polar surface area (TPSA) is 12.9 Å². The van der Waals surface area contributed by atoms with Crippen LogP contribution in [0, 0.1) is 0 Å². The molecular weight excluding hydrogens is 154 g/mol. The lowest BCUT2D eigenvalue weighted by Crippen LogP contribution is -1.76. The smallest absolute Gasteiger partial charge is 0.0935 e. The van der Waals surface area contributed by atoms with Gasteiger partial charge < -0.3 is 0 Å². The maximum atomic E-state index is 4.15. The van der Waals surface area contributed by atoms with Crippen LogP contribution >= 0.6 is 12.6 Å². The summed E-state index contributed by atoms with van der Waals surface area (Å²) in [6.07, 6.45) is 1.83. The van der Waals surface area contributed by atoms with Crippen LogP contribution in [0.25, 0.3) is 10.8 Å². The van der Waals surface area contributed by atoms with Crippen LogP contribution in [-0.2, 0) is 0 Å². The molecule has 0 unspecified atom stereocenters. The van der Waals surface area contributed by atoms with Crippen molar-refractivity contribution in [3.63, 3.8) is 0 Å². The number of fused-ring (bicyclic) bond motifs is 1. The Morgan fingerprint density at radius 2 is 1.82 bits per heavy atom. The van der Waals surface area contributed by atoms with E-state index in [1.165, 1.54) is 5.39 Å². The molecule has 0 atom stereocenters. The Morgan fingerprint density at radius 1 is 1.09 bits per heavy atom. The first-order valence-electron chi connectivity index (χ1n) is 3.40. The van der Waals surface area contributed by atoms with Crippen LogP contribution in [0.1, 0.15) is 0 Å². The van der Waals surface area contributed by atoms with Gasteiger partial charge in [-0.3, -0.25) is 0 Å². The standard InChI is InChI=1S/C9H7NS/c11-9-5-7-3-1-2-4-8(7)6-10-9/h1-6H,(H,10,11). The third-order valence-electron chi connectivity index (χ3n) is 1.62. The van der Waals surface area contributed by atoms with Gasteiger partial charge in [-0.25, -0.2) is 4.98 Å². The van der Waals surface area contributed by atoms with Crippen molar-refractivity contribution in [1.29, 1.82) is 0 Å². The number of nitrogens with zero attached hydrogens (tertiary/aromatic N) is 1. The largest absolute Gasteiger partial charge is 0.250 e. The van der Waals surface area contributed by atoms with Crippen molar-refractivity contribution < 1.29 is 0 Å². The molecule has 2 heteroatoms. The Labute approximate surface area is 70.5 Å². The van der Waals surface area contributed by atoms with Gasteiger partial charge in [0.2, 0.25) is 0 Å². The predicted molar refractivity (Wildman–Crippen MR) is 49.0 cm³/mol. The average Bonchev–Trinajstić information content (AvgIpc) is 2.04. The van der Waals surface area contributed by atoms with Crippen LogP contribution in [0.2, 0.25) is 0 Å². The molecule has 1 heterocycles. The number of hydrogen-bond acceptors (Lipinski definition) is 2. The van der Waals surface area contributed by atoms with Crippen LogP contribution in [0.15, 0.2) is 41.6 Å². The van der Waals surface area contributed by atoms with Gasteiger partial charge in [-0.15, -0.1) is 12.6 Å². The zero-order valence-electron chi connectivity index (χ0n) is 5.86. The van der Waals surface area contributed by atoms with E-state index in [0.29, 0.717) is 0 Å². The van der Waals surface area contributed by atoms with Gasteiger partial charge in [-0.2, -0.15) is 0 Å². The molecule has 0 aliphatic carbocycles. The molecule has 0 aliphatic heterocycles. The number of benzene rings is 1. The number of aromatic nitrogens is 1. The summed E-state index contributed by atoms with van der Waals surface area (Å²) in [5, 5.41) is 3.11. The molecule has 54 valence electrons. The molecule has 2 rings (SSSR count). The third kappa shape index (κ3) is 1.21. The van der Waals surface area contributed by atoms with Gasteiger partial charge in [0.25, 0.3) is 0 Å². The molecule has 0 spiro atoms. The minimum Gasteiger partial charge on any atom is -0.250 e. The Bertz CT molecular complexity index is 384. The Morgan fingerprint density at radius 3 is 2.64 bits per heavy atom. The second-order valence-electron chi connectivity index (χ2n) is 2.39. The van der Waals surface area contributed by atoms with Gasteiger partial charge in [0, 0.05) is 11.6 Å². The van der Waals surface area contributed by atoms with Gasteiger partial charge in [0.15, 0.2) is 0 Å². The molecule has 0 N–H and O–H groups in total. The summed E-state index contributed by atoms with van der Waals surface area (Å²) in [5.74, 6) is 0. The molecule has 0 radical (unpaired) electrons. The van der Waals surface area contributed by atoms with Crippen molar-refractivity contribution in [1.82, 2.24) is 4.98 Å². The van der Waals surface area contributed by atoms with E-state index in [2.05, 4.69) is 23.7 Å². The van der Waals surface area contributed by atoms with Crippen LogP contribution in [0.5, 0.6) is 0 Å². The first-order chi connectivity index (χ1) is 5.36. The third-order valence-corrected chi connectivity index (χ3v) is 1.86. The number of hydrogen-bond donors (Lipinski definition) is 1. The van der Waals surface area contributed by atoms with Crippen LogP contribution in [0.4, 0.5) is 0 Å². The lowest BCUT2D eigenvalue weighted by atomic mass is 10.2. The Hall–Kier alpha value is -1.02. The molecule has 2 aromatic rings. The van der Waals surface area contributed by atoms with Gasteiger partial charge >= 0.3 is 0 Å². The summed E-state index contributed by atoms with van der Waals surface area (Å²) >= 11 is 4.15. The predicted octanol–water partition coefficient (Wildman–Crippen LogP) is 2.52. The molecule has 0 amide bonds. The van der Waals surface area contributed by atoms with E-state index in [4.69, 9.17) is 0 Å². The molecule has 0 aliphatic rings. The van der Waals surface area contributed by atoms with Crippen LogP contribution in [0.3, 0.4) is 0 Å². The summed E-state index contributed by atoms with van der Waals surface area (Å²) in [5.41, 5.74) is 0. The average molecular weight is 161 g/mol. The molecule has 0 bridgehead atoms. The van der Waals surface area contributed by atoms with Crippen LogP contribution in [-0.4, -0.2) is 4.98 Å². The van der Waals surface area contributed by atoms with Crippen molar-refractivity contribution >= 4 is 23.4 Å². The second-order valence-corrected chi connectivity index (χ2v) is 2.85. The van der Waals surface area contributed by atoms with E-state index in [1.54, 1.807) is 0 Å². The van der Waals surface area contributed by atoms with Crippen molar-refractivity contribution in [3.05, 3.63) is 36.5 Å². The quantitative estimate of drug-likeness (QED) is 0.586. The van der Waals surface area contributed by atoms with Crippen molar-refractivity contribution in [2.45, 2.75) is 5.03 Å². The fourth-order valence-electron chi connectivity index (χ4n) is 1.07. The van der Waals surface area contributed by atoms with E-state index >= 15 is 0 Å². The van der Waals surface area contributed by atoms with E-state index < -0.39 is 0 Å². The normalized spacial score (nSPS) is 10.3. The van der Waals surface area contributed by atoms with E-state index in [9.17, 15) is 0 Å². The number of rotatable bonds is 0. The maximum absolute atomic E-state index is 4.15. The summed E-state index contributed by atoms with van der Waals surface area (Å²) < 4.78 is 0. The first kappa shape index (κ1) is 6.68. The molecule has 1 aromatic carbocycles. The lowest BCUT2D eigenvalue weighted by Gasteiger charge is -1.95. The highest BCUT2D eigenvalue weighted by Gasteiger charge is 1.91. The second kappa shape index (κ2) is 2.55.